The molecule has 0 aromatic heterocycles. The van der Waals surface area contributed by atoms with Gasteiger partial charge in [0.2, 0.25) is 5.91 Å². The normalized spacial score (nSPS) is 18.4. The Morgan fingerprint density at radius 2 is 2.40 bits per heavy atom. The van der Waals surface area contributed by atoms with Crippen LogP contribution in [0.5, 0.6) is 0 Å². The number of anilines is 1. The fourth-order valence-corrected chi connectivity index (χ4v) is 2.34. The third-order valence-corrected chi connectivity index (χ3v) is 3.24. The van der Waals surface area contributed by atoms with Crippen molar-refractivity contribution in [3.05, 3.63) is 29.6 Å². The standard InChI is InChI=1S/C14H17FN4O/c1-2-18-14(20)13-9-17-3-4-19(13)12-6-10(8-16)5-11(15)7-12/h5-7,13,17H,2-4,9H2,1H3,(H,18,20). The molecule has 0 bridgehead atoms. The van der Waals surface area contributed by atoms with E-state index in [1.807, 2.05) is 17.9 Å². The molecule has 2 rings (SSSR count). The van der Waals surface area contributed by atoms with Gasteiger partial charge in [-0.15, -0.1) is 0 Å². The number of carbonyl (C=O) groups is 1. The first-order valence-electron chi connectivity index (χ1n) is 6.61. The van der Waals surface area contributed by atoms with Crippen LogP contribution in [-0.2, 0) is 4.79 Å². The van der Waals surface area contributed by atoms with Crippen LogP contribution in [0.4, 0.5) is 10.1 Å². The van der Waals surface area contributed by atoms with Crippen LogP contribution < -0.4 is 15.5 Å². The minimum atomic E-state index is -0.466. The molecule has 5 nitrogen and oxygen atoms in total. The van der Waals surface area contributed by atoms with Crippen molar-refractivity contribution in [2.75, 3.05) is 31.1 Å². The Labute approximate surface area is 117 Å². The van der Waals surface area contributed by atoms with Crippen molar-refractivity contribution in [2.45, 2.75) is 13.0 Å². The molecule has 1 aromatic rings. The molecular formula is C14H17FN4O. The number of rotatable bonds is 3. The van der Waals surface area contributed by atoms with E-state index in [1.54, 1.807) is 6.07 Å². The highest BCUT2D eigenvalue weighted by atomic mass is 19.1. The van der Waals surface area contributed by atoms with Crippen LogP contribution in [0, 0.1) is 17.1 Å². The van der Waals surface area contributed by atoms with E-state index < -0.39 is 11.9 Å². The highest BCUT2D eigenvalue weighted by Gasteiger charge is 2.28. The average molecular weight is 276 g/mol. The van der Waals surface area contributed by atoms with Crippen LogP contribution in [0.2, 0.25) is 0 Å². The maximum Gasteiger partial charge on any atom is 0.244 e. The van der Waals surface area contributed by atoms with E-state index in [2.05, 4.69) is 10.6 Å². The number of nitrogens with zero attached hydrogens (tertiary/aromatic N) is 2. The van der Waals surface area contributed by atoms with Gasteiger partial charge in [-0.25, -0.2) is 4.39 Å². The summed E-state index contributed by atoms with van der Waals surface area (Å²) in [5, 5.41) is 14.9. The first-order valence-corrected chi connectivity index (χ1v) is 6.61. The van der Waals surface area contributed by atoms with Gasteiger partial charge in [0, 0.05) is 31.9 Å². The molecule has 1 aliphatic rings. The second kappa shape index (κ2) is 6.35. The van der Waals surface area contributed by atoms with Crippen molar-refractivity contribution >= 4 is 11.6 Å². The van der Waals surface area contributed by atoms with Gasteiger partial charge in [-0.05, 0) is 25.1 Å². The predicted octanol–water partition coefficient (Wildman–Crippen LogP) is 0.612. The molecule has 1 heterocycles. The Kier molecular flexibility index (Phi) is 4.53. The summed E-state index contributed by atoms with van der Waals surface area (Å²) in [6, 6.07) is 5.70. The molecule has 20 heavy (non-hydrogen) atoms. The van der Waals surface area contributed by atoms with Crippen LogP contribution in [0.25, 0.3) is 0 Å². The smallest absolute Gasteiger partial charge is 0.244 e. The molecule has 0 saturated carbocycles. The molecule has 2 N–H and O–H groups in total. The molecule has 6 heteroatoms. The molecule has 0 spiro atoms. The Bertz CT molecular complexity index is 540. The van der Waals surface area contributed by atoms with Gasteiger partial charge in [-0.1, -0.05) is 0 Å². The minimum Gasteiger partial charge on any atom is -0.357 e. The maximum atomic E-state index is 13.6. The summed E-state index contributed by atoms with van der Waals surface area (Å²) in [5.74, 6) is -0.560. The Morgan fingerprint density at radius 3 is 3.10 bits per heavy atom. The number of hydrogen-bond acceptors (Lipinski definition) is 4. The molecule has 106 valence electrons. The van der Waals surface area contributed by atoms with Crippen molar-refractivity contribution in [3.8, 4) is 6.07 Å². The van der Waals surface area contributed by atoms with E-state index >= 15 is 0 Å². The Hall–Kier alpha value is -2.13. The summed E-state index contributed by atoms with van der Waals surface area (Å²) in [6.07, 6.45) is 0. The van der Waals surface area contributed by atoms with E-state index in [0.29, 0.717) is 31.9 Å². The molecule has 1 atom stereocenters. The van der Waals surface area contributed by atoms with Crippen LogP contribution in [0.3, 0.4) is 0 Å². The highest BCUT2D eigenvalue weighted by Crippen LogP contribution is 2.21. The number of nitriles is 1. The van der Waals surface area contributed by atoms with Gasteiger partial charge in [0.15, 0.2) is 0 Å². The lowest BCUT2D eigenvalue weighted by molar-refractivity contribution is -0.122. The van der Waals surface area contributed by atoms with E-state index in [4.69, 9.17) is 5.26 Å². The lowest BCUT2D eigenvalue weighted by Gasteiger charge is -2.37. The van der Waals surface area contributed by atoms with Crippen LogP contribution in [0.1, 0.15) is 12.5 Å². The number of likely N-dealkylation sites (N-methyl/N-ethyl adjacent to an activating group) is 1. The minimum absolute atomic E-state index is 0.0949. The van der Waals surface area contributed by atoms with Crippen molar-refractivity contribution in [3.63, 3.8) is 0 Å². The van der Waals surface area contributed by atoms with Gasteiger partial charge in [0.05, 0.1) is 11.6 Å². The van der Waals surface area contributed by atoms with E-state index in [0.717, 1.165) is 0 Å². The molecule has 1 amide bonds. The van der Waals surface area contributed by atoms with Gasteiger partial charge >= 0.3 is 0 Å². The zero-order valence-electron chi connectivity index (χ0n) is 11.3. The topological polar surface area (TPSA) is 68.2 Å². The number of carbonyl (C=O) groups excluding carboxylic acids is 1. The Morgan fingerprint density at radius 1 is 1.60 bits per heavy atom. The van der Waals surface area contributed by atoms with E-state index in [9.17, 15) is 9.18 Å². The third kappa shape index (κ3) is 3.06. The maximum absolute atomic E-state index is 13.6. The predicted molar refractivity (Wildman–Crippen MR) is 73.8 cm³/mol. The molecule has 1 saturated heterocycles. The lowest BCUT2D eigenvalue weighted by Crippen LogP contribution is -2.58. The third-order valence-electron chi connectivity index (χ3n) is 3.24. The van der Waals surface area contributed by atoms with Gasteiger partial charge < -0.3 is 15.5 Å². The number of piperazine rings is 1. The molecule has 1 aliphatic heterocycles. The zero-order chi connectivity index (χ0) is 14.5. The second-order valence-electron chi connectivity index (χ2n) is 4.62. The van der Waals surface area contributed by atoms with Gasteiger partial charge in [-0.2, -0.15) is 5.26 Å². The fraction of sp³-hybridized carbons (Fsp3) is 0.429. The fourth-order valence-electron chi connectivity index (χ4n) is 2.34. The molecule has 1 aromatic carbocycles. The van der Waals surface area contributed by atoms with Gasteiger partial charge in [0.1, 0.15) is 11.9 Å². The summed E-state index contributed by atoms with van der Waals surface area (Å²) in [6.45, 7) is 4.22. The number of halogens is 1. The Balaban J connectivity index is 2.30. The average Bonchev–Trinajstić information content (AvgIpc) is 2.46. The van der Waals surface area contributed by atoms with Crippen LogP contribution in [-0.4, -0.2) is 38.1 Å². The van der Waals surface area contributed by atoms with Crippen LogP contribution in [0.15, 0.2) is 18.2 Å². The number of hydrogen-bond donors (Lipinski definition) is 2. The second-order valence-corrected chi connectivity index (χ2v) is 4.62. The largest absolute Gasteiger partial charge is 0.357 e. The highest BCUT2D eigenvalue weighted by molar-refractivity contribution is 5.85. The number of benzene rings is 1. The van der Waals surface area contributed by atoms with E-state index in [1.165, 1.54) is 12.1 Å². The van der Waals surface area contributed by atoms with Crippen molar-refractivity contribution < 1.29 is 9.18 Å². The summed E-state index contributed by atoms with van der Waals surface area (Å²) in [5.41, 5.74) is 0.826. The molecule has 1 unspecified atom stereocenters. The molecule has 0 aliphatic carbocycles. The van der Waals surface area contributed by atoms with E-state index in [-0.39, 0.29) is 11.5 Å². The lowest BCUT2D eigenvalue weighted by atomic mass is 10.1. The molecular weight excluding hydrogens is 259 g/mol. The zero-order valence-corrected chi connectivity index (χ0v) is 11.3. The van der Waals surface area contributed by atoms with Gasteiger partial charge in [-0.3, -0.25) is 4.79 Å². The van der Waals surface area contributed by atoms with Crippen LogP contribution >= 0.6 is 0 Å². The number of nitrogens with one attached hydrogen (secondary N) is 2. The number of amides is 1. The summed E-state index contributed by atoms with van der Waals surface area (Å²) in [7, 11) is 0. The van der Waals surface area contributed by atoms with Gasteiger partial charge in [0.25, 0.3) is 0 Å². The van der Waals surface area contributed by atoms with Crippen molar-refractivity contribution in [2.24, 2.45) is 0 Å². The SMILES string of the molecule is CCNC(=O)C1CNCCN1c1cc(F)cc(C#N)c1. The first kappa shape index (κ1) is 14.3. The van der Waals surface area contributed by atoms with Crippen molar-refractivity contribution in [1.82, 2.24) is 10.6 Å². The summed E-state index contributed by atoms with van der Waals surface area (Å²) >= 11 is 0. The first-order chi connectivity index (χ1) is 9.65. The quantitative estimate of drug-likeness (QED) is 0.849. The summed E-state index contributed by atoms with van der Waals surface area (Å²) in [4.78, 5) is 13.9. The molecule has 0 radical (unpaired) electrons. The van der Waals surface area contributed by atoms with Crippen molar-refractivity contribution in [1.29, 1.82) is 5.26 Å². The monoisotopic (exact) mass is 276 g/mol. The molecule has 1 fully saturated rings. The summed E-state index contributed by atoms with van der Waals surface area (Å²) < 4.78 is 13.6.